The molecule has 1 aliphatic heterocycles. The predicted octanol–water partition coefficient (Wildman–Crippen LogP) is 6.54. The summed E-state index contributed by atoms with van der Waals surface area (Å²) in [4.78, 5) is 28.6. The Hall–Kier alpha value is -3.86. The molecule has 1 heterocycles. The minimum Gasteiger partial charge on any atom is -0.507 e. The van der Waals surface area contributed by atoms with Crippen LogP contribution in [0.1, 0.15) is 60.2 Å². The van der Waals surface area contributed by atoms with E-state index in [0.717, 1.165) is 22.3 Å². The molecule has 0 aliphatic carbocycles. The molecule has 5 heteroatoms. The Morgan fingerprint density at radius 1 is 0.889 bits per heavy atom. The van der Waals surface area contributed by atoms with Gasteiger partial charge in [-0.1, -0.05) is 62.7 Å². The lowest BCUT2D eigenvalue weighted by molar-refractivity contribution is -0.132. The van der Waals surface area contributed by atoms with Gasteiger partial charge in [-0.15, -0.1) is 0 Å². The smallest absolute Gasteiger partial charge is 0.300 e. The molecule has 1 saturated heterocycles. The highest BCUT2D eigenvalue weighted by Crippen LogP contribution is 2.44. The number of aliphatic hydroxyl groups excluding tert-OH is 1. The summed E-state index contributed by atoms with van der Waals surface area (Å²) in [6.45, 7) is 12.1. The summed E-state index contributed by atoms with van der Waals surface area (Å²) < 4.78 is 5.31. The van der Waals surface area contributed by atoms with Gasteiger partial charge in [0.05, 0.1) is 18.7 Å². The summed E-state index contributed by atoms with van der Waals surface area (Å²) >= 11 is 0. The van der Waals surface area contributed by atoms with E-state index in [1.807, 2.05) is 69.3 Å². The number of hydrogen-bond donors (Lipinski definition) is 1. The normalized spacial score (nSPS) is 17.5. The van der Waals surface area contributed by atoms with Crippen molar-refractivity contribution in [3.8, 4) is 5.75 Å². The summed E-state index contributed by atoms with van der Waals surface area (Å²) in [5.41, 5.74) is 5.63. The number of methoxy groups -OCH3 is 1. The van der Waals surface area contributed by atoms with E-state index in [9.17, 15) is 14.7 Å². The molecule has 1 amide bonds. The first kappa shape index (κ1) is 25.2. The van der Waals surface area contributed by atoms with Crippen molar-refractivity contribution in [3.63, 3.8) is 0 Å². The number of ketones is 1. The summed E-state index contributed by atoms with van der Waals surface area (Å²) in [7, 11) is 1.59. The van der Waals surface area contributed by atoms with E-state index in [2.05, 4.69) is 20.8 Å². The molecule has 3 aromatic rings. The molecule has 1 fully saturated rings. The molecule has 1 N–H and O–H groups in total. The lowest BCUT2D eigenvalue weighted by Gasteiger charge is -2.27. The third-order valence-corrected chi connectivity index (χ3v) is 6.85. The molecule has 1 aliphatic rings. The number of nitrogens with zero attached hydrogens (tertiary/aromatic N) is 1. The maximum Gasteiger partial charge on any atom is 0.300 e. The van der Waals surface area contributed by atoms with Crippen LogP contribution in [0.25, 0.3) is 5.76 Å². The third-order valence-electron chi connectivity index (χ3n) is 6.85. The van der Waals surface area contributed by atoms with Crippen LogP contribution in [0.2, 0.25) is 0 Å². The van der Waals surface area contributed by atoms with Crippen molar-refractivity contribution >= 4 is 23.1 Å². The van der Waals surface area contributed by atoms with Crippen LogP contribution in [0.3, 0.4) is 0 Å². The van der Waals surface area contributed by atoms with E-state index < -0.39 is 17.7 Å². The van der Waals surface area contributed by atoms with Gasteiger partial charge in [0.1, 0.15) is 11.5 Å². The summed E-state index contributed by atoms with van der Waals surface area (Å²) in [6.07, 6.45) is 0. The lowest BCUT2D eigenvalue weighted by Crippen LogP contribution is -2.30. The SMILES string of the molecule is COc1ccc(C2/C(=C(\O)c3cc(C(C)(C)C)ccc3C)C(=O)C(=O)N2c2ccc(C)cc2C)cc1. The molecule has 1 unspecified atom stereocenters. The molecule has 0 spiro atoms. The molecule has 0 saturated carbocycles. The van der Waals surface area contributed by atoms with Crippen LogP contribution >= 0.6 is 0 Å². The quantitative estimate of drug-likeness (QED) is 0.260. The number of amides is 1. The van der Waals surface area contributed by atoms with Crippen LogP contribution in [-0.4, -0.2) is 23.9 Å². The number of aryl methyl sites for hydroxylation is 3. The van der Waals surface area contributed by atoms with Crippen LogP contribution < -0.4 is 9.64 Å². The van der Waals surface area contributed by atoms with Crippen molar-refractivity contribution in [1.29, 1.82) is 0 Å². The molecule has 186 valence electrons. The molecule has 0 radical (unpaired) electrons. The Labute approximate surface area is 213 Å². The fourth-order valence-electron chi connectivity index (χ4n) is 4.75. The van der Waals surface area contributed by atoms with E-state index in [-0.39, 0.29) is 16.7 Å². The largest absolute Gasteiger partial charge is 0.507 e. The van der Waals surface area contributed by atoms with Gasteiger partial charge >= 0.3 is 0 Å². The second-order valence-corrected chi connectivity index (χ2v) is 10.5. The van der Waals surface area contributed by atoms with Crippen molar-refractivity contribution in [2.75, 3.05) is 12.0 Å². The second kappa shape index (κ2) is 9.30. The van der Waals surface area contributed by atoms with Crippen LogP contribution in [0.15, 0.2) is 66.2 Å². The minimum absolute atomic E-state index is 0.0827. The Kier molecular flexibility index (Phi) is 6.52. The van der Waals surface area contributed by atoms with Gasteiger partial charge in [0.25, 0.3) is 11.7 Å². The van der Waals surface area contributed by atoms with Gasteiger partial charge in [0, 0.05) is 11.3 Å². The number of ether oxygens (including phenoxy) is 1. The number of hydrogen-bond acceptors (Lipinski definition) is 4. The van der Waals surface area contributed by atoms with Crippen molar-refractivity contribution < 1.29 is 19.4 Å². The number of anilines is 1. The molecule has 0 bridgehead atoms. The third kappa shape index (κ3) is 4.41. The number of Topliss-reactive ketones (excluding diaryl/α,β-unsaturated/α-hetero) is 1. The van der Waals surface area contributed by atoms with Crippen LogP contribution in [-0.2, 0) is 15.0 Å². The number of benzene rings is 3. The summed E-state index contributed by atoms with van der Waals surface area (Å²) in [6, 6.07) is 18.1. The highest BCUT2D eigenvalue weighted by Gasteiger charge is 2.47. The summed E-state index contributed by atoms with van der Waals surface area (Å²) in [5, 5.41) is 11.6. The van der Waals surface area contributed by atoms with Gasteiger partial charge < -0.3 is 9.84 Å². The van der Waals surface area contributed by atoms with Crippen LogP contribution in [0.5, 0.6) is 5.75 Å². The van der Waals surface area contributed by atoms with Gasteiger partial charge in [-0.05, 0) is 72.7 Å². The van der Waals surface area contributed by atoms with Crippen molar-refractivity contribution in [1.82, 2.24) is 0 Å². The average molecular weight is 484 g/mol. The first-order chi connectivity index (χ1) is 16.9. The standard InChI is InChI=1S/C31H33NO4/c1-18-8-15-25(20(3)16-18)32-27(21-10-13-23(36-7)14-11-21)26(29(34)30(32)35)28(33)24-17-22(31(4,5)6)12-9-19(24)2/h8-17,27,33H,1-7H3/b28-26+. The van der Waals surface area contributed by atoms with Crippen molar-refractivity contribution in [2.24, 2.45) is 0 Å². The fourth-order valence-corrected chi connectivity index (χ4v) is 4.75. The van der Waals surface area contributed by atoms with Gasteiger partial charge in [-0.3, -0.25) is 14.5 Å². The van der Waals surface area contributed by atoms with Crippen LogP contribution in [0.4, 0.5) is 5.69 Å². The first-order valence-corrected chi connectivity index (χ1v) is 12.1. The minimum atomic E-state index is -0.782. The Bertz CT molecular complexity index is 1380. The fraction of sp³-hybridized carbons (Fsp3) is 0.290. The van der Waals surface area contributed by atoms with Gasteiger partial charge in [-0.25, -0.2) is 0 Å². The number of aliphatic hydroxyl groups is 1. The molecule has 1 atom stereocenters. The number of rotatable bonds is 4. The zero-order chi connectivity index (χ0) is 26.4. The molecular weight excluding hydrogens is 450 g/mol. The second-order valence-electron chi connectivity index (χ2n) is 10.5. The van der Waals surface area contributed by atoms with E-state index >= 15 is 0 Å². The molecule has 4 rings (SSSR count). The Morgan fingerprint density at radius 2 is 1.56 bits per heavy atom. The lowest BCUT2D eigenvalue weighted by atomic mass is 9.84. The van der Waals surface area contributed by atoms with Gasteiger partial charge in [0.2, 0.25) is 0 Å². The maximum absolute atomic E-state index is 13.5. The van der Waals surface area contributed by atoms with Crippen molar-refractivity contribution in [3.05, 3.63) is 99.6 Å². The Morgan fingerprint density at radius 3 is 2.14 bits per heavy atom. The highest BCUT2D eigenvalue weighted by molar-refractivity contribution is 6.51. The van der Waals surface area contributed by atoms with Gasteiger partial charge in [0.15, 0.2) is 0 Å². The zero-order valence-electron chi connectivity index (χ0n) is 22.0. The zero-order valence-corrected chi connectivity index (χ0v) is 22.0. The van der Waals surface area contributed by atoms with Crippen LogP contribution in [0, 0.1) is 20.8 Å². The molecular formula is C31H33NO4. The van der Waals surface area contributed by atoms with E-state index in [1.54, 1.807) is 19.2 Å². The number of carbonyl (C=O) groups is 2. The van der Waals surface area contributed by atoms with Gasteiger partial charge in [-0.2, -0.15) is 0 Å². The first-order valence-electron chi connectivity index (χ1n) is 12.1. The topological polar surface area (TPSA) is 66.8 Å². The Balaban J connectivity index is 1.99. The monoisotopic (exact) mass is 483 g/mol. The van der Waals surface area contributed by atoms with E-state index in [4.69, 9.17) is 4.74 Å². The molecule has 36 heavy (non-hydrogen) atoms. The average Bonchev–Trinajstić information content (AvgIpc) is 3.08. The molecule has 5 nitrogen and oxygen atoms in total. The molecule has 0 aromatic heterocycles. The van der Waals surface area contributed by atoms with Crippen molar-refractivity contribution in [2.45, 2.75) is 53.0 Å². The molecule has 3 aromatic carbocycles. The predicted molar refractivity (Wildman–Crippen MR) is 144 cm³/mol. The maximum atomic E-state index is 13.5. The van der Waals surface area contributed by atoms with E-state index in [0.29, 0.717) is 22.6 Å². The highest BCUT2D eigenvalue weighted by atomic mass is 16.5. The van der Waals surface area contributed by atoms with E-state index in [1.165, 1.54) is 4.90 Å². The summed E-state index contributed by atoms with van der Waals surface area (Å²) in [5.74, 6) is -0.858. The number of carbonyl (C=O) groups excluding carboxylic acids is 2.